The van der Waals surface area contributed by atoms with E-state index < -0.39 is 5.91 Å². The Kier molecular flexibility index (Phi) is 7.50. The molecule has 0 aliphatic carbocycles. The van der Waals surface area contributed by atoms with Crippen LogP contribution in [0.4, 0.5) is 5.69 Å². The molecule has 0 radical (unpaired) electrons. The van der Waals surface area contributed by atoms with Crippen LogP contribution in [0.25, 0.3) is 11.3 Å². The van der Waals surface area contributed by atoms with Crippen molar-refractivity contribution in [2.75, 3.05) is 26.1 Å². The topological polar surface area (TPSA) is 118 Å². The van der Waals surface area contributed by atoms with Gasteiger partial charge in [-0.1, -0.05) is 30.3 Å². The summed E-state index contributed by atoms with van der Waals surface area (Å²) >= 11 is 0. The number of methoxy groups -OCH3 is 2. The molecule has 4 rings (SSSR count). The van der Waals surface area contributed by atoms with E-state index in [0.717, 1.165) is 11.1 Å². The predicted molar refractivity (Wildman–Crippen MR) is 135 cm³/mol. The van der Waals surface area contributed by atoms with Crippen molar-refractivity contribution < 1.29 is 23.8 Å². The molecule has 1 heterocycles. The highest BCUT2D eigenvalue weighted by Gasteiger charge is 2.19. The summed E-state index contributed by atoms with van der Waals surface area (Å²) in [7, 11) is 3.08. The van der Waals surface area contributed by atoms with Gasteiger partial charge in [0, 0.05) is 23.5 Å². The molecule has 0 fully saturated rings. The molecule has 0 spiro atoms. The first-order chi connectivity index (χ1) is 17.5. The molecule has 0 unspecified atom stereocenters. The number of hydrogen-bond acceptors (Lipinski definition) is 6. The van der Waals surface area contributed by atoms with Crippen LogP contribution >= 0.6 is 0 Å². The zero-order chi connectivity index (χ0) is 25.5. The summed E-state index contributed by atoms with van der Waals surface area (Å²) in [6.45, 7) is 0.187. The first kappa shape index (κ1) is 24.3. The Labute approximate surface area is 208 Å². The van der Waals surface area contributed by atoms with Gasteiger partial charge in [-0.25, -0.2) is 0 Å². The van der Waals surface area contributed by atoms with E-state index in [9.17, 15) is 9.59 Å². The van der Waals surface area contributed by atoms with Crippen LogP contribution in [0, 0.1) is 0 Å². The third-order valence-electron chi connectivity index (χ3n) is 5.35. The maximum Gasteiger partial charge on any atom is 0.259 e. The average Bonchev–Trinajstić information content (AvgIpc) is 3.32. The van der Waals surface area contributed by atoms with E-state index in [0.29, 0.717) is 35.0 Å². The van der Waals surface area contributed by atoms with Crippen molar-refractivity contribution in [1.29, 1.82) is 0 Å². The quantitative estimate of drug-likeness (QED) is 0.353. The minimum atomic E-state index is -0.624. The van der Waals surface area contributed by atoms with Gasteiger partial charge in [-0.3, -0.25) is 14.3 Å². The molecule has 4 aromatic rings. The van der Waals surface area contributed by atoms with E-state index in [1.165, 1.54) is 7.11 Å². The van der Waals surface area contributed by atoms with Crippen LogP contribution in [0.2, 0.25) is 0 Å². The third-order valence-corrected chi connectivity index (χ3v) is 5.35. The van der Waals surface area contributed by atoms with Crippen LogP contribution in [0.5, 0.6) is 17.2 Å². The number of rotatable bonds is 10. The molecule has 0 atom stereocenters. The minimum absolute atomic E-state index is 0.282. The van der Waals surface area contributed by atoms with Crippen molar-refractivity contribution in [3.63, 3.8) is 0 Å². The number of nitrogens with one attached hydrogen (secondary N) is 1. The van der Waals surface area contributed by atoms with E-state index in [1.807, 2.05) is 54.6 Å². The maximum atomic E-state index is 13.4. The van der Waals surface area contributed by atoms with Crippen molar-refractivity contribution in [3.8, 4) is 28.5 Å². The molecule has 9 nitrogen and oxygen atoms in total. The fourth-order valence-corrected chi connectivity index (χ4v) is 3.62. The van der Waals surface area contributed by atoms with Crippen LogP contribution in [0.3, 0.4) is 0 Å². The lowest BCUT2D eigenvalue weighted by Gasteiger charge is -2.12. The number of nitrogens with zero attached hydrogens (tertiary/aromatic N) is 2. The number of anilines is 1. The molecule has 9 heteroatoms. The Balaban J connectivity index is 1.65. The Hall–Kier alpha value is -4.79. The summed E-state index contributed by atoms with van der Waals surface area (Å²) in [6, 6.07) is 22.1. The largest absolute Gasteiger partial charge is 0.497 e. The summed E-state index contributed by atoms with van der Waals surface area (Å²) in [4.78, 5) is 24.5. The highest BCUT2D eigenvalue weighted by molar-refractivity contribution is 6.08. The second kappa shape index (κ2) is 11.1. The minimum Gasteiger partial charge on any atom is -0.497 e. The van der Waals surface area contributed by atoms with Gasteiger partial charge in [0.05, 0.1) is 26.3 Å². The molecule has 0 aliphatic heterocycles. The molecule has 0 saturated heterocycles. The van der Waals surface area contributed by atoms with Crippen molar-refractivity contribution in [2.45, 2.75) is 6.54 Å². The molecule has 3 N–H and O–H groups in total. The summed E-state index contributed by atoms with van der Waals surface area (Å²) in [6.07, 6.45) is 1.72. The summed E-state index contributed by atoms with van der Waals surface area (Å²) in [5.41, 5.74) is 8.39. The standard InChI is InChI=1S/C27H26N4O5/c1-34-21-11-8-19(9-12-21)26-22(16-31(30-26)15-18-6-4-3-5-7-18)27(33)29-20-10-13-23(35-2)24(14-20)36-17-25(28)32/h3-14,16H,15,17H2,1-2H3,(H2,28,32)(H,29,33). The van der Waals surface area contributed by atoms with Crippen molar-refractivity contribution in [2.24, 2.45) is 5.73 Å². The van der Waals surface area contributed by atoms with Gasteiger partial charge in [0.25, 0.3) is 11.8 Å². The Bertz CT molecular complexity index is 1350. The number of ether oxygens (including phenoxy) is 3. The van der Waals surface area contributed by atoms with Gasteiger partial charge < -0.3 is 25.3 Å². The number of carbonyl (C=O) groups is 2. The smallest absolute Gasteiger partial charge is 0.259 e. The number of benzene rings is 3. The van der Waals surface area contributed by atoms with E-state index in [4.69, 9.17) is 25.0 Å². The molecular weight excluding hydrogens is 460 g/mol. The Morgan fingerprint density at radius 1 is 0.944 bits per heavy atom. The number of aromatic nitrogens is 2. The first-order valence-electron chi connectivity index (χ1n) is 11.1. The number of hydrogen-bond donors (Lipinski definition) is 2. The second-order valence-electron chi connectivity index (χ2n) is 7.88. The van der Waals surface area contributed by atoms with Gasteiger partial charge in [0.2, 0.25) is 0 Å². The van der Waals surface area contributed by atoms with Gasteiger partial charge in [-0.05, 0) is 42.0 Å². The summed E-state index contributed by atoms with van der Waals surface area (Å²) in [5.74, 6) is 0.413. The van der Waals surface area contributed by atoms with Crippen molar-refractivity contribution >= 4 is 17.5 Å². The molecule has 0 bridgehead atoms. The molecule has 36 heavy (non-hydrogen) atoms. The lowest BCUT2D eigenvalue weighted by molar-refractivity contribution is -0.119. The highest BCUT2D eigenvalue weighted by atomic mass is 16.5. The molecule has 0 aliphatic rings. The molecule has 3 aromatic carbocycles. The van der Waals surface area contributed by atoms with Crippen LogP contribution in [0.1, 0.15) is 15.9 Å². The SMILES string of the molecule is COc1ccc(-c2nn(Cc3ccccc3)cc2C(=O)Nc2ccc(OC)c(OCC(N)=O)c2)cc1. The molecule has 184 valence electrons. The predicted octanol–water partition coefficient (Wildman–Crippen LogP) is 3.73. The summed E-state index contributed by atoms with van der Waals surface area (Å²) in [5, 5.41) is 7.59. The highest BCUT2D eigenvalue weighted by Crippen LogP contribution is 2.31. The van der Waals surface area contributed by atoms with Gasteiger partial charge in [-0.2, -0.15) is 5.10 Å². The van der Waals surface area contributed by atoms with Crippen LogP contribution in [0.15, 0.2) is 79.0 Å². The lowest BCUT2D eigenvalue weighted by atomic mass is 10.1. The average molecular weight is 487 g/mol. The fraction of sp³-hybridized carbons (Fsp3) is 0.148. The van der Waals surface area contributed by atoms with Gasteiger partial charge in [0.1, 0.15) is 11.4 Å². The van der Waals surface area contributed by atoms with E-state index in [1.54, 1.807) is 36.2 Å². The molecule has 0 saturated carbocycles. The Morgan fingerprint density at radius 2 is 1.69 bits per heavy atom. The van der Waals surface area contributed by atoms with Crippen molar-refractivity contribution in [3.05, 3.63) is 90.1 Å². The van der Waals surface area contributed by atoms with Gasteiger partial charge >= 0.3 is 0 Å². The van der Waals surface area contributed by atoms with Crippen molar-refractivity contribution in [1.82, 2.24) is 9.78 Å². The van der Waals surface area contributed by atoms with Gasteiger partial charge in [0.15, 0.2) is 18.1 Å². The zero-order valence-corrected chi connectivity index (χ0v) is 19.9. The fourth-order valence-electron chi connectivity index (χ4n) is 3.62. The van der Waals surface area contributed by atoms with E-state index in [-0.39, 0.29) is 18.3 Å². The molecule has 1 aromatic heterocycles. The van der Waals surface area contributed by atoms with Gasteiger partial charge in [-0.15, -0.1) is 0 Å². The lowest BCUT2D eigenvalue weighted by Crippen LogP contribution is -2.20. The summed E-state index contributed by atoms with van der Waals surface area (Å²) < 4.78 is 17.7. The number of nitrogens with two attached hydrogens (primary N) is 1. The molecule has 2 amide bonds. The van der Waals surface area contributed by atoms with Crippen LogP contribution in [-0.4, -0.2) is 42.4 Å². The van der Waals surface area contributed by atoms with E-state index in [2.05, 4.69) is 5.32 Å². The molecular formula is C27H26N4O5. The number of carbonyl (C=O) groups excluding carboxylic acids is 2. The van der Waals surface area contributed by atoms with Crippen LogP contribution < -0.4 is 25.3 Å². The monoisotopic (exact) mass is 486 g/mol. The maximum absolute atomic E-state index is 13.4. The third kappa shape index (κ3) is 5.82. The van der Waals surface area contributed by atoms with E-state index >= 15 is 0 Å². The second-order valence-corrected chi connectivity index (χ2v) is 7.88. The Morgan fingerprint density at radius 3 is 2.36 bits per heavy atom. The first-order valence-corrected chi connectivity index (χ1v) is 11.1. The number of primary amides is 1. The number of amides is 2. The normalized spacial score (nSPS) is 10.5. The van der Waals surface area contributed by atoms with Crippen LogP contribution in [-0.2, 0) is 11.3 Å². The zero-order valence-electron chi connectivity index (χ0n) is 19.9.